The number of rotatable bonds is 6. The fourth-order valence-electron chi connectivity index (χ4n) is 1.94. The van der Waals surface area contributed by atoms with Gasteiger partial charge in [-0.3, -0.25) is 10.1 Å². The number of nitro benzene ring substituents is 1. The van der Waals surface area contributed by atoms with Crippen LogP contribution < -0.4 is 15.0 Å². The molecule has 6 heteroatoms. The Kier molecular flexibility index (Phi) is 4.21. The van der Waals surface area contributed by atoms with E-state index in [2.05, 4.69) is 10.2 Å². The van der Waals surface area contributed by atoms with E-state index in [1.807, 2.05) is 20.0 Å². The van der Waals surface area contributed by atoms with Crippen LogP contribution >= 0.6 is 0 Å². The second-order valence-corrected chi connectivity index (χ2v) is 4.71. The Labute approximate surface area is 112 Å². The average molecular weight is 265 g/mol. The molecule has 6 nitrogen and oxygen atoms in total. The van der Waals surface area contributed by atoms with E-state index >= 15 is 0 Å². The molecule has 19 heavy (non-hydrogen) atoms. The zero-order valence-corrected chi connectivity index (χ0v) is 11.3. The van der Waals surface area contributed by atoms with Gasteiger partial charge >= 0.3 is 0 Å². The maximum atomic E-state index is 11.0. The van der Waals surface area contributed by atoms with Gasteiger partial charge in [-0.05, 0) is 6.42 Å². The third-order valence-corrected chi connectivity index (χ3v) is 3.27. The molecule has 1 saturated heterocycles. The molecule has 0 unspecified atom stereocenters. The van der Waals surface area contributed by atoms with E-state index in [0.717, 1.165) is 25.2 Å². The van der Waals surface area contributed by atoms with Gasteiger partial charge in [0.1, 0.15) is 5.75 Å². The van der Waals surface area contributed by atoms with E-state index in [9.17, 15) is 10.1 Å². The van der Waals surface area contributed by atoms with Gasteiger partial charge in [0.25, 0.3) is 5.69 Å². The van der Waals surface area contributed by atoms with Crippen molar-refractivity contribution in [2.24, 2.45) is 0 Å². The smallest absolute Gasteiger partial charge is 0.275 e. The van der Waals surface area contributed by atoms with Crippen LogP contribution in [0.25, 0.3) is 0 Å². The van der Waals surface area contributed by atoms with Crippen molar-refractivity contribution in [1.82, 2.24) is 5.32 Å². The highest BCUT2D eigenvalue weighted by atomic mass is 16.6. The van der Waals surface area contributed by atoms with Crippen molar-refractivity contribution in [3.8, 4) is 5.75 Å². The molecule has 0 aliphatic carbocycles. The van der Waals surface area contributed by atoms with Crippen molar-refractivity contribution in [2.45, 2.75) is 19.4 Å². The van der Waals surface area contributed by atoms with Gasteiger partial charge in [-0.2, -0.15) is 0 Å². The van der Waals surface area contributed by atoms with Gasteiger partial charge in [-0.25, -0.2) is 0 Å². The fraction of sp³-hybridized carbons (Fsp3) is 0.538. The minimum Gasteiger partial charge on any atom is -0.493 e. The van der Waals surface area contributed by atoms with Crippen molar-refractivity contribution >= 4 is 11.4 Å². The van der Waals surface area contributed by atoms with Gasteiger partial charge in [0.15, 0.2) is 0 Å². The standard InChI is InChI=1S/C13H19N3O3/c1-3-4-19-13-6-10(5-11(7-13)16(17)18)15(2)12-8-14-9-12/h5-7,12,14H,3-4,8-9H2,1-2H3. The molecule has 1 N–H and O–H groups in total. The topological polar surface area (TPSA) is 67.6 Å². The molecule has 0 radical (unpaired) electrons. The van der Waals surface area contributed by atoms with Gasteiger partial charge in [-0.1, -0.05) is 6.92 Å². The lowest BCUT2D eigenvalue weighted by Crippen LogP contribution is -2.56. The van der Waals surface area contributed by atoms with Crippen LogP contribution in [-0.4, -0.2) is 37.7 Å². The van der Waals surface area contributed by atoms with Crippen LogP contribution in [0.5, 0.6) is 5.75 Å². The Balaban J connectivity index is 2.24. The predicted molar refractivity (Wildman–Crippen MR) is 73.9 cm³/mol. The fourth-order valence-corrected chi connectivity index (χ4v) is 1.94. The average Bonchev–Trinajstić information content (AvgIpc) is 2.33. The first kappa shape index (κ1) is 13.6. The number of hydrogen-bond acceptors (Lipinski definition) is 5. The van der Waals surface area contributed by atoms with Crippen molar-refractivity contribution < 1.29 is 9.66 Å². The molecule has 1 aliphatic heterocycles. The predicted octanol–water partition coefficient (Wildman–Crippen LogP) is 1.79. The molecule has 1 heterocycles. The molecular weight excluding hydrogens is 246 g/mol. The molecule has 0 amide bonds. The number of ether oxygens (including phenoxy) is 1. The number of non-ortho nitro benzene ring substituents is 1. The number of likely N-dealkylation sites (N-methyl/N-ethyl adjacent to an activating group) is 1. The summed E-state index contributed by atoms with van der Waals surface area (Å²) >= 11 is 0. The third-order valence-electron chi connectivity index (χ3n) is 3.27. The van der Waals surface area contributed by atoms with Crippen molar-refractivity contribution in [2.75, 3.05) is 31.6 Å². The first-order valence-corrected chi connectivity index (χ1v) is 6.47. The third kappa shape index (κ3) is 3.14. The SMILES string of the molecule is CCCOc1cc(N(C)C2CNC2)cc([N+](=O)[O-])c1. The van der Waals surface area contributed by atoms with Gasteiger partial charge in [0, 0.05) is 38.0 Å². The Bertz CT molecular complexity index is 460. The molecule has 0 saturated carbocycles. The van der Waals surface area contributed by atoms with Crippen LogP contribution in [0.4, 0.5) is 11.4 Å². The molecule has 2 rings (SSSR count). The summed E-state index contributed by atoms with van der Waals surface area (Å²) in [6.07, 6.45) is 0.875. The molecule has 1 aromatic rings. The van der Waals surface area contributed by atoms with Crippen LogP contribution in [-0.2, 0) is 0 Å². The molecule has 104 valence electrons. The lowest BCUT2D eigenvalue weighted by molar-refractivity contribution is -0.384. The van der Waals surface area contributed by atoms with Crippen LogP contribution in [0.15, 0.2) is 18.2 Å². The van der Waals surface area contributed by atoms with Crippen LogP contribution in [0, 0.1) is 10.1 Å². The van der Waals surface area contributed by atoms with E-state index in [1.165, 1.54) is 6.07 Å². The van der Waals surface area contributed by atoms with Crippen molar-refractivity contribution in [1.29, 1.82) is 0 Å². The summed E-state index contributed by atoms with van der Waals surface area (Å²) in [6.45, 7) is 4.38. The Morgan fingerprint density at radius 2 is 2.21 bits per heavy atom. The molecule has 0 atom stereocenters. The highest BCUT2D eigenvalue weighted by molar-refractivity contribution is 5.58. The zero-order chi connectivity index (χ0) is 13.8. The molecule has 1 aliphatic rings. The van der Waals surface area contributed by atoms with E-state index in [4.69, 9.17) is 4.74 Å². The summed E-state index contributed by atoms with van der Waals surface area (Å²) in [7, 11) is 1.95. The minimum absolute atomic E-state index is 0.0720. The van der Waals surface area contributed by atoms with Crippen molar-refractivity contribution in [3.05, 3.63) is 28.3 Å². The van der Waals surface area contributed by atoms with E-state index in [0.29, 0.717) is 18.4 Å². The minimum atomic E-state index is -0.380. The normalized spacial score (nSPS) is 14.8. The number of benzene rings is 1. The van der Waals surface area contributed by atoms with E-state index in [1.54, 1.807) is 6.07 Å². The highest BCUT2D eigenvalue weighted by Crippen LogP contribution is 2.29. The second kappa shape index (κ2) is 5.88. The van der Waals surface area contributed by atoms with Gasteiger partial charge in [-0.15, -0.1) is 0 Å². The molecule has 0 spiro atoms. The van der Waals surface area contributed by atoms with E-state index in [-0.39, 0.29) is 10.6 Å². The number of nitrogens with zero attached hydrogens (tertiary/aromatic N) is 2. The molecule has 1 fully saturated rings. The molecular formula is C13H19N3O3. The summed E-state index contributed by atoms with van der Waals surface area (Å²) in [4.78, 5) is 12.7. The maximum absolute atomic E-state index is 11.0. The highest BCUT2D eigenvalue weighted by Gasteiger charge is 2.23. The first-order chi connectivity index (χ1) is 9.11. The van der Waals surface area contributed by atoms with E-state index < -0.39 is 0 Å². The van der Waals surface area contributed by atoms with Crippen LogP contribution in [0.1, 0.15) is 13.3 Å². The van der Waals surface area contributed by atoms with Crippen molar-refractivity contribution in [3.63, 3.8) is 0 Å². The number of hydrogen-bond donors (Lipinski definition) is 1. The zero-order valence-electron chi connectivity index (χ0n) is 11.3. The maximum Gasteiger partial charge on any atom is 0.275 e. The monoisotopic (exact) mass is 265 g/mol. The lowest BCUT2D eigenvalue weighted by Gasteiger charge is -2.37. The largest absolute Gasteiger partial charge is 0.493 e. The molecule has 0 bridgehead atoms. The van der Waals surface area contributed by atoms with Crippen LogP contribution in [0.2, 0.25) is 0 Å². The number of nitrogens with one attached hydrogen (secondary N) is 1. The lowest BCUT2D eigenvalue weighted by atomic mass is 10.1. The summed E-state index contributed by atoms with van der Waals surface area (Å²) < 4.78 is 5.52. The van der Waals surface area contributed by atoms with Gasteiger partial charge in [0.2, 0.25) is 0 Å². The Morgan fingerprint density at radius 3 is 2.74 bits per heavy atom. The summed E-state index contributed by atoms with van der Waals surface area (Å²) in [6, 6.07) is 5.32. The Hall–Kier alpha value is -1.82. The Morgan fingerprint density at radius 1 is 1.47 bits per heavy atom. The number of anilines is 1. The summed E-state index contributed by atoms with van der Waals surface area (Å²) in [5.74, 6) is 0.560. The number of nitro groups is 1. The summed E-state index contributed by atoms with van der Waals surface area (Å²) in [5.41, 5.74) is 0.898. The van der Waals surface area contributed by atoms with Crippen LogP contribution in [0.3, 0.4) is 0 Å². The molecule has 1 aromatic carbocycles. The second-order valence-electron chi connectivity index (χ2n) is 4.71. The summed E-state index contributed by atoms with van der Waals surface area (Å²) in [5, 5.41) is 14.2. The quantitative estimate of drug-likeness (QED) is 0.627. The van der Waals surface area contributed by atoms with Gasteiger partial charge < -0.3 is 15.0 Å². The molecule has 0 aromatic heterocycles. The van der Waals surface area contributed by atoms with Gasteiger partial charge in [0.05, 0.1) is 23.6 Å². The first-order valence-electron chi connectivity index (χ1n) is 6.47.